The molecular weight excluding hydrogens is 362 g/mol. The van der Waals surface area contributed by atoms with Crippen LogP contribution in [0.1, 0.15) is 27.0 Å². The van der Waals surface area contributed by atoms with Crippen LogP contribution in [0.5, 0.6) is 0 Å². The molecule has 6 heteroatoms. The average molecular weight is 378 g/mol. The van der Waals surface area contributed by atoms with Crippen LogP contribution in [0.25, 0.3) is 21.9 Å². The van der Waals surface area contributed by atoms with Crippen LogP contribution < -0.4 is 0 Å². The Bertz CT molecular complexity index is 1190. The van der Waals surface area contributed by atoms with E-state index in [1.807, 2.05) is 32.0 Å². The smallest absolute Gasteiger partial charge is 0.338 e. The van der Waals surface area contributed by atoms with E-state index >= 15 is 0 Å². The topological polar surface area (TPSA) is 65.0 Å². The molecule has 5 nitrogen and oxygen atoms in total. The van der Waals surface area contributed by atoms with Crippen molar-refractivity contribution in [1.82, 2.24) is 15.0 Å². The molecule has 0 aliphatic rings. The highest BCUT2D eigenvalue weighted by Gasteiger charge is 2.13. The molecule has 0 fully saturated rings. The number of aromatic nitrogens is 3. The minimum atomic E-state index is -0.446. The van der Waals surface area contributed by atoms with Gasteiger partial charge in [0.2, 0.25) is 0 Å². The molecule has 0 spiro atoms. The number of aryl methyl sites for hydroxylation is 2. The van der Waals surface area contributed by atoms with E-state index in [1.165, 1.54) is 0 Å². The van der Waals surface area contributed by atoms with Crippen LogP contribution in [0.4, 0.5) is 0 Å². The standard InChI is InChI=1S/C21H16ClN3O2/c1-12-3-4-14-9-16(20(22)25-19(14)13(12)2)11-27-21(26)15-5-6-17-18(10-15)24-8-7-23-17/h3-10H,11H2,1-2H3. The van der Waals surface area contributed by atoms with E-state index in [0.29, 0.717) is 21.8 Å². The molecule has 27 heavy (non-hydrogen) atoms. The van der Waals surface area contributed by atoms with Crippen molar-refractivity contribution in [3.05, 3.63) is 76.2 Å². The fourth-order valence-electron chi connectivity index (χ4n) is 2.92. The Morgan fingerprint density at radius 2 is 1.81 bits per heavy atom. The second-order valence-electron chi connectivity index (χ2n) is 6.35. The number of hydrogen-bond donors (Lipinski definition) is 0. The van der Waals surface area contributed by atoms with Crippen LogP contribution in [0.3, 0.4) is 0 Å². The summed E-state index contributed by atoms with van der Waals surface area (Å²) >= 11 is 6.31. The first-order valence-electron chi connectivity index (χ1n) is 8.46. The molecule has 0 saturated heterocycles. The zero-order chi connectivity index (χ0) is 19.0. The molecular formula is C21H16ClN3O2. The number of fused-ring (bicyclic) bond motifs is 2. The van der Waals surface area contributed by atoms with Crippen LogP contribution in [-0.2, 0) is 11.3 Å². The maximum Gasteiger partial charge on any atom is 0.338 e. The molecule has 2 aromatic carbocycles. The summed E-state index contributed by atoms with van der Waals surface area (Å²) in [7, 11) is 0. The van der Waals surface area contributed by atoms with E-state index in [4.69, 9.17) is 16.3 Å². The van der Waals surface area contributed by atoms with E-state index < -0.39 is 5.97 Å². The molecule has 0 radical (unpaired) electrons. The third-order valence-corrected chi connectivity index (χ3v) is 4.93. The Balaban J connectivity index is 1.57. The van der Waals surface area contributed by atoms with Crippen molar-refractivity contribution in [2.45, 2.75) is 20.5 Å². The molecule has 0 amide bonds. The highest BCUT2D eigenvalue weighted by molar-refractivity contribution is 6.30. The number of ether oxygens (including phenoxy) is 1. The number of carbonyl (C=O) groups is 1. The summed E-state index contributed by atoms with van der Waals surface area (Å²) in [4.78, 5) is 25.3. The van der Waals surface area contributed by atoms with Crippen molar-refractivity contribution in [3.8, 4) is 0 Å². The summed E-state index contributed by atoms with van der Waals surface area (Å²) in [5.74, 6) is -0.446. The zero-order valence-electron chi connectivity index (χ0n) is 14.9. The van der Waals surface area contributed by atoms with Gasteiger partial charge in [0.05, 0.1) is 22.1 Å². The van der Waals surface area contributed by atoms with E-state index in [0.717, 1.165) is 27.5 Å². The van der Waals surface area contributed by atoms with Gasteiger partial charge in [0.15, 0.2) is 0 Å². The van der Waals surface area contributed by atoms with Gasteiger partial charge in [-0.2, -0.15) is 0 Å². The first kappa shape index (κ1) is 17.4. The Hall–Kier alpha value is -3.05. The van der Waals surface area contributed by atoms with E-state index in [2.05, 4.69) is 15.0 Å². The van der Waals surface area contributed by atoms with Gasteiger partial charge in [0, 0.05) is 23.3 Å². The van der Waals surface area contributed by atoms with Crippen molar-refractivity contribution in [2.24, 2.45) is 0 Å². The number of nitrogens with zero attached hydrogens (tertiary/aromatic N) is 3. The first-order valence-corrected chi connectivity index (χ1v) is 8.84. The predicted molar refractivity (Wildman–Crippen MR) is 105 cm³/mol. The van der Waals surface area contributed by atoms with Crippen molar-refractivity contribution < 1.29 is 9.53 Å². The van der Waals surface area contributed by atoms with Crippen molar-refractivity contribution in [1.29, 1.82) is 0 Å². The van der Waals surface area contributed by atoms with Crippen molar-refractivity contribution in [2.75, 3.05) is 0 Å². The SMILES string of the molecule is Cc1ccc2cc(COC(=O)c3ccc4nccnc4c3)c(Cl)nc2c1C. The predicted octanol–water partition coefficient (Wildman–Crippen LogP) is 4.81. The molecule has 0 bridgehead atoms. The van der Waals surface area contributed by atoms with Gasteiger partial charge in [-0.3, -0.25) is 9.97 Å². The lowest BCUT2D eigenvalue weighted by molar-refractivity contribution is 0.0473. The van der Waals surface area contributed by atoms with Gasteiger partial charge in [0.1, 0.15) is 11.8 Å². The van der Waals surface area contributed by atoms with Crippen LogP contribution in [0.2, 0.25) is 5.15 Å². The van der Waals surface area contributed by atoms with Gasteiger partial charge < -0.3 is 4.74 Å². The van der Waals surface area contributed by atoms with Gasteiger partial charge in [-0.15, -0.1) is 0 Å². The maximum atomic E-state index is 12.4. The van der Waals surface area contributed by atoms with Crippen LogP contribution >= 0.6 is 11.6 Å². The number of pyridine rings is 1. The molecule has 2 heterocycles. The number of esters is 1. The number of hydrogen-bond acceptors (Lipinski definition) is 5. The lowest BCUT2D eigenvalue weighted by Crippen LogP contribution is -2.06. The quantitative estimate of drug-likeness (QED) is 0.379. The molecule has 2 aromatic heterocycles. The number of benzene rings is 2. The van der Waals surface area contributed by atoms with Crippen LogP contribution in [0.15, 0.2) is 48.8 Å². The minimum Gasteiger partial charge on any atom is -0.457 e. The summed E-state index contributed by atoms with van der Waals surface area (Å²) in [6.45, 7) is 4.10. The van der Waals surface area contributed by atoms with E-state index in [-0.39, 0.29) is 6.61 Å². The van der Waals surface area contributed by atoms with Crippen LogP contribution in [0, 0.1) is 13.8 Å². The fraction of sp³-hybridized carbons (Fsp3) is 0.143. The fourth-order valence-corrected chi connectivity index (χ4v) is 3.12. The Morgan fingerprint density at radius 3 is 2.63 bits per heavy atom. The van der Waals surface area contributed by atoms with Crippen LogP contribution in [-0.4, -0.2) is 20.9 Å². The monoisotopic (exact) mass is 377 g/mol. The number of halogens is 1. The van der Waals surface area contributed by atoms with E-state index in [9.17, 15) is 4.79 Å². The second-order valence-corrected chi connectivity index (χ2v) is 6.71. The summed E-state index contributed by atoms with van der Waals surface area (Å²) in [5.41, 5.74) is 5.56. The Kier molecular flexibility index (Phi) is 4.46. The molecule has 4 rings (SSSR count). The largest absolute Gasteiger partial charge is 0.457 e. The van der Waals surface area contributed by atoms with Gasteiger partial charge >= 0.3 is 5.97 Å². The number of rotatable bonds is 3. The molecule has 0 unspecified atom stereocenters. The van der Waals surface area contributed by atoms with E-state index in [1.54, 1.807) is 30.6 Å². The summed E-state index contributed by atoms with van der Waals surface area (Å²) < 4.78 is 5.44. The van der Waals surface area contributed by atoms with Gasteiger partial charge in [0.25, 0.3) is 0 Å². The first-order chi connectivity index (χ1) is 13.0. The van der Waals surface area contributed by atoms with Crippen molar-refractivity contribution in [3.63, 3.8) is 0 Å². The van der Waals surface area contributed by atoms with Gasteiger partial charge in [-0.25, -0.2) is 9.78 Å². The third kappa shape index (κ3) is 3.34. The van der Waals surface area contributed by atoms with Gasteiger partial charge in [-0.05, 0) is 49.2 Å². The lowest BCUT2D eigenvalue weighted by Gasteiger charge is -2.10. The number of carbonyl (C=O) groups excluding carboxylic acids is 1. The summed E-state index contributed by atoms with van der Waals surface area (Å²) in [6, 6.07) is 11.0. The lowest BCUT2D eigenvalue weighted by atomic mass is 10.0. The normalized spacial score (nSPS) is 11.1. The Labute approximate surface area is 161 Å². The molecule has 0 aliphatic carbocycles. The molecule has 0 aliphatic heterocycles. The molecule has 0 atom stereocenters. The zero-order valence-corrected chi connectivity index (χ0v) is 15.6. The maximum absolute atomic E-state index is 12.4. The second kappa shape index (κ2) is 6.93. The highest BCUT2D eigenvalue weighted by Crippen LogP contribution is 2.25. The molecule has 134 valence electrons. The highest BCUT2D eigenvalue weighted by atomic mass is 35.5. The summed E-state index contributed by atoms with van der Waals surface area (Å²) in [5, 5.41) is 1.31. The van der Waals surface area contributed by atoms with Crippen molar-refractivity contribution >= 4 is 39.5 Å². The Morgan fingerprint density at radius 1 is 1.04 bits per heavy atom. The third-order valence-electron chi connectivity index (χ3n) is 4.60. The minimum absolute atomic E-state index is 0.0477. The molecule has 0 N–H and O–H groups in total. The van der Waals surface area contributed by atoms with Gasteiger partial charge in [-0.1, -0.05) is 23.7 Å². The summed E-state index contributed by atoms with van der Waals surface area (Å²) in [6.07, 6.45) is 3.19. The average Bonchev–Trinajstić information content (AvgIpc) is 2.69. The molecule has 4 aromatic rings. The molecule has 0 saturated carbocycles.